The summed E-state index contributed by atoms with van der Waals surface area (Å²) in [6.45, 7) is 3.92. The Bertz CT molecular complexity index is 294. The maximum atomic E-state index is 9.16. The van der Waals surface area contributed by atoms with Gasteiger partial charge in [-0.05, 0) is 43.4 Å². The molecule has 0 fully saturated rings. The summed E-state index contributed by atoms with van der Waals surface area (Å²) < 4.78 is 0. The molecule has 0 saturated heterocycles. The fraction of sp³-hybridized carbons (Fsp3) is 0.500. The van der Waals surface area contributed by atoms with Gasteiger partial charge in [0.15, 0.2) is 0 Å². The first-order valence-electron chi connectivity index (χ1n) is 5.18. The van der Waals surface area contributed by atoms with Crippen molar-refractivity contribution in [1.82, 2.24) is 0 Å². The standard InChI is InChI=1S/C12H19NO/c1-3-10-5-7-11(12(13)8-10)6-4-9(2)14/h5,7-9,14H,3-4,6,13H2,1-2H3/t9-/m1/s1. The van der Waals surface area contributed by atoms with Crippen molar-refractivity contribution in [1.29, 1.82) is 0 Å². The summed E-state index contributed by atoms with van der Waals surface area (Å²) in [6.07, 6.45) is 2.39. The van der Waals surface area contributed by atoms with Crippen molar-refractivity contribution in [2.75, 3.05) is 5.73 Å². The normalized spacial score (nSPS) is 12.8. The lowest BCUT2D eigenvalue weighted by atomic mass is 10.0. The molecule has 0 spiro atoms. The van der Waals surface area contributed by atoms with Crippen molar-refractivity contribution in [3.63, 3.8) is 0 Å². The lowest BCUT2D eigenvalue weighted by Crippen LogP contribution is -2.03. The Balaban J connectivity index is 2.69. The number of hydrogen-bond acceptors (Lipinski definition) is 2. The highest BCUT2D eigenvalue weighted by Crippen LogP contribution is 2.17. The molecule has 0 amide bonds. The van der Waals surface area contributed by atoms with Crippen LogP contribution in [0.4, 0.5) is 5.69 Å². The molecule has 1 aromatic carbocycles. The highest BCUT2D eigenvalue weighted by atomic mass is 16.3. The molecule has 14 heavy (non-hydrogen) atoms. The topological polar surface area (TPSA) is 46.2 Å². The average molecular weight is 193 g/mol. The Morgan fingerprint density at radius 3 is 2.64 bits per heavy atom. The maximum absolute atomic E-state index is 9.16. The summed E-state index contributed by atoms with van der Waals surface area (Å²) >= 11 is 0. The summed E-state index contributed by atoms with van der Waals surface area (Å²) in [7, 11) is 0. The molecule has 78 valence electrons. The molecule has 0 saturated carbocycles. The van der Waals surface area contributed by atoms with Crippen LogP contribution in [0.25, 0.3) is 0 Å². The van der Waals surface area contributed by atoms with Gasteiger partial charge >= 0.3 is 0 Å². The molecule has 2 nitrogen and oxygen atoms in total. The molecule has 0 aliphatic carbocycles. The number of nitrogens with two attached hydrogens (primary N) is 1. The highest BCUT2D eigenvalue weighted by Gasteiger charge is 2.02. The Morgan fingerprint density at radius 1 is 1.43 bits per heavy atom. The van der Waals surface area contributed by atoms with Gasteiger partial charge in [0, 0.05) is 5.69 Å². The van der Waals surface area contributed by atoms with Crippen molar-refractivity contribution < 1.29 is 5.11 Å². The molecule has 1 aromatic rings. The third kappa shape index (κ3) is 3.04. The predicted octanol–water partition coefficient (Wildman–Crippen LogP) is 2.14. The monoisotopic (exact) mass is 193 g/mol. The van der Waals surface area contributed by atoms with Crippen LogP contribution >= 0.6 is 0 Å². The first-order valence-corrected chi connectivity index (χ1v) is 5.18. The molecule has 1 rings (SSSR count). The molecule has 1 atom stereocenters. The van der Waals surface area contributed by atoms with Crippen LogP contribution in [0.15, 0.2) is 18.2 Å². The summed E-state index contributed by atoms with van der Waals surface area (Å²) in [6, 6.07) is 6.20. The number of rotatable bonds is 4. The zero-order valence-electron chi connectivity index (χ0n) is 8.96. The van der Waals surface area contributed by atoms with E-state index in [1.54, 1.807) is 6.92 Å². The van der Waals surface area contributed by atoms with Crippen molar-refractivity contribution in [3.8, 4) is 0 Å². The van der Waals surface area contributed by atoms with Crippen molar-refractivity contribution in [3.05, 3.63) is 29.3 Å². The molecule has 0 heterocycles. The number of nitrogen functional groups attached to an aromatic ring is 1. The SMILES string of the molecule is CCc1ccc(CC[C@@H](C)O)c(N)c1. The van der Waals surface area contributed by atoms with Crippen LogP contribution < -0.4 is 5.73 Å². The van der Waals surface area contributed by atoms with Gasteiger partial charge in [-0.25, -0.2) is 0 Å². The third-order valence-electron chi connectivity index (χ3n) is 2.45. The van der Waals surface area contributed by atoms with Crippen molar-refractivity contribution in [2.45, 2.75) is 39.2 Å². The zero-order valence-corrected chi connectivity index (χ0v) is 8.96. The highest BCUT2D eigenvalue weighted by molar-refractivity contribution is 5.49. The first-order chi connectivity index (χ1) is 6.63. The third-order valence-corrected chi connectivity index (χ3v) is 2.45. The predicted molar refractivity (Wildman–Crippen MR) is 60.2 cm³/mol. The van der Waals surface area contributed by atoms with E-state index in [1.807, 2.05) is 6.07 Å². The quantitative estimate of drug-likeness (QED) is 0.720. The molecular formula is C12H19NO. The minimum atomic E-state index is -0.250. The van der Waals surface area contributed by atoms with Gasteiger partial charge in [0.05, 0.1) is 6.10 Å². The lowest BCUT2D eigenvalue weighted by Gasteiger charge is -2.08. The Labute approximate surface area is 85.8 Å². The van der Waals surface area contributed by atoms with Gasteiger partial charge in [0.2, 0.25) is 0 Å². The van der Waals surface area contributed by atoms with Gasteiger partial charge in [-0.1, -0.05) is 19.1 Å². The second kappa shape index (κ2) is 5.01. The maximum Gasteiger partial charge on any atom is 0.0515 e. The van der Waals surface area contributed by atoms with Crippen LogP contribution in [0, 0.1) is 0 Å². The largest absolute Gasteiger partial charge is 0.398 e. The molecule has 0 aliphatic heterocycles. The van der Waals surface area contributed by atoms with Gasteiger partial charge in [-0.15, -0.1) is 0 Å². The van der Waals surface area contributed by atoms with Gasteiger partial charge in [0.25, 0.3) is 0 Å². The Morgan fingerprint density at radius 2 is 2.14 bits per heavy atom. The molecule has 0 bridgehead atoms. The molecule has 0 unspecified atom stereocenters. The Kier molecular flexibility index (Phi) is 3.96. The van der Waals surface area contributed by atoms with Crippen LogP contribution in [0.2, 0.25) is 0 Å². The molecule has 0 aliphatic rings. The Hall–Kier alpha value is -1.02. The van der Waals surface area contributed by atoms with E-state index in [9.17, 15) is 0 Å². The number of aliphatic hydroxyl groups excluding tert-OH is 1. The van der Waals surface area contributed by atoms with E-state index >= 15 is 0 Å². The minimum Gasteiger partial charge on any atom is -0.398 e. The molecule has 3 N–H and O–H groups in total. The second-order valence-electron chi connectivity index (χ2n) is 3.77. The number of anilines is 1. The van der Waals surface area contributed by atoms with Crippen LogP contribution in [0.3, 0.4) is 0 Å². The van der Waals surface area contributed by atoms with E-state index in [1.165, 1.54) is 5.56 Å². The van der Waals surface area contributed by atoms with Gasteiger partial charge in [-0.3, -0.25) is 0 Å². The average Bonchev–Trinajstić information content (AvgIpc) is 2.15. The van der Waals surface area contributed by atoms with Crippen LogP contribution in [-0.2, 0) is 12.8 Å². The van der Waals surface area contributed by atoms with E-state index in [2.05, 4.69) is 19.1 Å². The second-order valence-corrected chi connectivity index (χ2v) is 3.77. The van der Waals surface area contributed by atoms with Crippen LogP contribution in [0.5, 0.6) is 0 Å². The summed E-state index contributed by atoms with van der Waals surface area (Å²) in [5.74, 6) is 0. The van der Waals surface area contributed by atoms with Crippen molar-refractivity contribution >= 4 is 5.69 Å². The van der Waals surface area contributed by atoms with E-state index < -0.39 is 0 Å². The van der Waals surface area contributed by atoms with Crippen LogP contribution in [-0.4, -0.2) is 11.2 Å². The lowest BCUT2D eigenvalue weighted by molar-refractivity contribution is 0.185. The zero-order chi connectivity index (χ0) is 10.6. The fourth-order valence-corrected chi connectivity index (χ4v) is 1.46. The fourth-order valence-electron chi connectivity index (χ4n) is 1.46. The summed E-state index contributed by atoms with van der Waals surface area (Å²) in [5.41, 5.74) is 9.16. The number of benzene rings is 1. The molecular weight excluding hydrogens is 174 g/mol. The summed E-state index contributed by atoms with van der Waals surface area (Å²) in [5, 5.41) is 9.16. The first kappa shape index (κ1) is 11.1. The van der Waals surface area contributed by atoms with Gasteiger partial charge in [-0.2, -0.15) is 0 Å². The number of hydrogen-bond donors (Lipinski definition) is 2. The number of aliphatic hydroxyl groups is 1. The van der Waals surface area contributed by atoms with E-state index in [-0.39, 0.29) is 6.10 Å². The smallest absolute Gasteiger partial charge is 0.0515 e. The van der Waals surface area contributed by atoms with Gasteiger partial charge < -0.3 is 10.8 Å². The molecule has 0 radical (unpaired) electrons. The van der Waals surface area contributed by atoms with E-state index in [0.717, 1.165) is 30.5 Å². The minimum absolute atomic E-state index is 0.250. The summed E-state index contributed by atoms with van der Waals surface area (Å²) in [4.78, 5) is 0. The number of aryl methyl sites for hydroxylation is 2. The molecule has 0 aromatic heterocycles. The van der Waals surface area contributed by atoms with Crippen molar-refractivity contribution in [2.24, 2.45) is 0 Å². The molecule has 2 heteroatoms. The van der Waals surface area contributed by atoms with Crippen LogP contribution in [0.1, 0.15) is 31.4 Å². The van der Waals surface area contributed by atoms with E-state index in [0.29, 0.717) is 0 Å². The van der Waals surface area contributed by atoms with Gasteiger partial charge in [0.1, 0.15) is 0 Å². The van der Waals surface area contributed by atoms with E-state index in [4.69, 9.17) is 10.8 Å².